The maximum absolute atomic E-state index is 12.4. The molecule has 9 heteroatoms. The van der Waals surface area contributed by atoms with E-state index < -0.39 is 41.8 Å². The lowest BCUT2D eigenvalue weighted by molar-refractivity contribution is -0.140. The Hall–Kier alpha value is -1.09. The predicted molar refractivity (Wildman–Crippen MR) is 87.1 cm³/mol. The molecule has 0 aliphatic heterocycles. The molecule has 0 aliphatic rings. The maximum Gasteiger partial charge on any atom is 0.424 e. The fourth-order valence-electron chi connectivity index (χ4n) is 1.45. The highest BCUT2D eigenvalue weighted by Gasteiger charge is 2.39. The summed E-state index contributed by atoms with van der Waals surface area (Å²) >= 11 is 0. The van der Waals surface area contributed by atoms with Crippen molar-refractivity contribution in [2.75, 3.05) is 5.75 Å². The summed E-state index contributed by atoms with van der Waals surface area (Å²) in [5.41, 5.74) is -0.915. The number of aliphatic carboxylic acids is 1. The SMILES string of the molecule is C[C@H](C(=O)O)N(C(=O)OC(C)(C)C)S(=O)(=O)CC[Si](C)(C)C. The van der Waals surface area contributed by atoms with Gasteiger partial charge < -0.3 is 9.84 Å². The van der Waals surface area contributed by atoms with Gasteiger partial charge >= 0.3 is 12.1 Å². The van der Waals surface area contributed by atoms with Gasteiger partial charge in [-0.2, -0.15) is 4.31 Å². The lowest BCUT2D eigenvalue weighted by Crippen LogP contribution is -2.50. The summed E-state index contributed by atoms with van der Waals surface area (Å²) in [5, 5.41) is 9.09. The second-order valence-electron chi connectivity index (χ2n) is 7.42. The first-order chi connectivity index (χ1) is 9.57. The minimum Gasteiger partial charge on any atom is -0.480 e. The minimum absolute atomic E-state index is 0.264. The van der Waals surface area contributed by atoms with Gasteiger partial charge in [-0.3, -0.25) is 0 Å². The summed E-state index contributed by atoms with van der Waals surface area (Å²) in [6.07, 6.45) is -1.15. The lowest BCUT2D eigenvalue weighted by Gasteiger charge is -2.29. The summed E-state index contributed by atoms with van der Waals surface area (Å²) in [5.74, 6) is -1.66. The van der Waals surface area contributed by atoms with Crippen LogP contribution in [0.15, 0.2) is 0 Å². The molecular weight excluding hydrogens is 326 g/mol. The van der Waals surface area contributed by atoms with Crippen molar-refractivity contribution in [3.05, 3.63) is 0 Å². The Morgan fingerprint density at radius 1 is 1.23 bits per heavy atom. The van der Waals surface area contributed by atoms with Gasteiger partial charge in [-0.25, -0.2) is 18.0 Å². The maximum atomic E-state index is 12.4. The number of rotatable bonds is 6. The van der Waals surface area contributed by atoms with Gasteiger partial charge in [0.25, 0.3) is 0 Å². The van der Waals surface area contributed by atoms with E-state index in [0.717, 1.165) is 6.92 Å². The van der Waals surface area contributed by atoms with Crippen LogP contribution in [0.2, 0.25) is 25.7 Å². The van der Waals surface area contributed by atoms with E-state index in [9.17, 15) is 18.0 Å². The highest BCUT2D eigenvalue weighted by atomic mass is 32.2. The number of nitrogens with zero attached hydrogens (tertiary/aromatic N) is 1. The molecule has 0 aromatic carbocycles. The molecule has 0 fully saturated rings. The fourth-order valence-corrected chi connectivity index (χ4v) is 5.97. The first-order valence-electron chi connectivity index (χ1n) is 7.05. The molecule has 0 saturated carbocycles. The Kier molecular flexibility index (Phi) is 6.64. The normalized spacial score (nSPS) is 14.3. The molecular formula is C13H27NO6SSi. The average molecular weight is 354 g/mol. The molecule has 0 aromatic heterocycles. The lowest BCUT2D eigenvalue weighted by atomic mass is 10.2. The van der Waals surface area contributed by atoms with Gasteiger partial charge in [0, 0.05) is 8.07 Å². The van der Waals surface area contributed by atoms with Crippen LogP contribution in [-0.4, -0.2) is 55.4 Å². The molecule has 0 radical (unpaired) electrons. The van der Waals surface area contributed by atoms with Crippen LogP contribution in [-0.2, 0) is 19.6 Å². The molecule has 0 aliphatic carbocycles. The number of hydrogen-bond donors (Lipinski definition) is 1. The Morgan fingerprint density at radius 3 is 2.00 bits per heavy atom. The number of sulfonamides is 1. The largest absolute Gasteiger partial charge is 0.480 e. The first kappa shape index (κ1) is 20.9. The van der Waals surface area contributed by atoms with Crippen LogP contribution in [0.1, 0.15) is 27.7 Å². The van der Waals surface area contributed by atoms with E-state index >= 15 is 0 Å². The number of carbonyl (C=O) groups excluding carboxylic acids is 1. The van der Waals surface area contributed by atoms with E-state index in [0.29, 0.717) is 10.3 Å². The molecule has 1 N–H and O–H groups in total. The van der Waals surface area contributed by atoms with Gasteiger partial charge in [0.2, 0.25) is 10.0 Å². The number of amides is 1. The molecule has 1 atom stereocenters. The topological polar surface area (TPSA) is 101 Å². The van der Waals surface area contributed by atoms with Crippen molar-refractivity contribution in [3.63, 3.8) is 0 Å². The summed E-state index contributed by atoms with van der Waals surface area (Å²) in [7, 11) is -5.72. The number of carbonyl (C=O) groups is 2. The minimum atomic E-state index is -4.06. The zero-order valence-corrected chi connectivity index (χ0v) is 16.2. The average Bonchev–Trinajstić information content (AvgIpc) is 2.22. The van der Waals surface area contributed by atoms with E-state index in [2.05, 4.69) is 0 Å². The smallest absolute Gasteiger partial charge is 0.424 e. The number of hydrogen-bond acceptors (Lipinski definition) is 5. The Morgan fingerprint density at radius 2 is 1.68 bits per heavy atom. The molecule has 130 valence electrons. The second-order valence-corrected chi connectivity index (χ2v) is 15.0. The van der Waals surface area contributed by atoms with Gasteiger partial charge in [-0.15, -0.1) is 0 Å². The summed E-state index contributed by atoms with van der Waals surface area (Å²) in [4.78, 5) is 23.3. The molecule has 0 unspecified atom stereocenters. The van der Waals surface area contributed by atoms with Crippen molar-refractivity contribution < 1.29 is 27.9 Å². The molecule has 0 spiro atoms. The molecule has 0 bridgehead atoms. The third-order valence-corrected chi connectivity index (χ3v) is 6.59. The van der Waals surface area contributed by atoms with Gasteiger partial charge in [-0.05, 0) is 33.7 Å². The van der Waals surface area contributed by atoms with Crippen molar-refractivity contribution in [3.8, 4) is 0 Å². The molecule has 0 rings (SSSR count). The summed E-state index contributed by atoms with van der Waals surface area (Å²) in [6.45, 7) is 11.9. The summed E-state index contributed by atoms with van der Waals surface area (Å²) in [6, 6.07) is -1.08. The van der Waals surface area contributed by atoms with Crippen LogP contribution in [0.4, 0.5) is 4.79 Å². The molecule has 0 heterocycles. The fraction of sp³-hybridized carbons (Fsp3) is 0.846. The van der Waals surface area contributed by atoms with Crippen molar-refractivity contribution >= 4 is 30.2 Å². The van der Waals surface area contributed by atoms with Crippen LogP contribution >= 0.6 is 0 Å². The van der Waals surface area contributed by atoms with Crippen molar-refractivity contribution in [2.24, 2.45) is 0 Å². The van der Waals surface area contributed by atoms with E-state index in [-0.39, 0.29) is 5.75 Å². The third kappa shape index (κ3) is 7.26. The van der Waals surface area contributed by atoms with Crippen LogP contribution in [0.25, 0.3) is 0 Å². The van der Waals surface area contributed by atoms with Gasteiger partial charge in [-0.1, -0.05) is 19.6 Å². The van der Waals surface area contributed by atoms with Crippen LogP contribution in [0.3, 0.4) is 0 Å². The number of carboxylic acids is 1. The Labute approximate surface area is 133 Å². The number of ether oxygens (including phenoxy) is 1. The van der Waals surface area contributed by atoms with E-state index in [4.69, 9.17) is 9.84 Å². The predicted octanol–water partition coefficient (Wildman–Crippen LogP) is 2.36. The standard InChI is InChI=1S/C13H27NO6SSi/c1-10(11(15)16)14(12(17)20-13(2,3)4)21(18,19)8-9-22(5,6)7/h10H,8-9H2,1-7H3,(H,15,16)/t10-/m1/s1. The van der Waals surface area contributed by atoms with Gasteiger partial charge in [0.1, 0.15) is 11.6 Å². The molecule has 0 aromatic rings. The zero-order chi connectivity index (χ0) is 17.9. The van der Waals surface area contributed by atoms with E-state index in [1.54, 1.807) is 20.8 Å². The third-order valence-electron chi connectivity index (χ3n) is 2.69. The van der Waals surface area contributed by atoms with Crippen molar-refractivity contribution in [1.82, 2.24) is 4.31 Å². The first-order valence-corrected chi connectivity index (χ1v) is 12.4. The monoisotopic (exact) mass is 353 g/mol. The highest BCUT2D eigenvalue weighted by Crippen LogP contribution is 2.19. The van der Waals surface area contributed by atoms with Crippen LogP contribution in [0, 0.1) is 0 Å². The molecule has 0 saturated heterocycles. The van der Waals surface area contributed by atoms with E-state index in [1.807, 2.05) is 19.6 Å². The highest BCUT2D eigenvalue weighted by molar-refractivity contribution is 7.89. The number of carboxylic acid groups (broad SMARTS) is 1. The van der Waals surface area contributed by atoms with E-state index in [1.165, 1.54) is 0 Å². The van der Waals surface area contributed by atoms with Gasteiger partial charge in [0.15, 0.2) is 0 Å². The van der Waals surface area contributed by atoms with Crippen molar-refractivity contribution in [1.29, 1.82) is 0 Å². The van der Waals surface area contributed by atoms with Gasteiger partial charge in [0.05, 0.1) is 5.75 Å². The summed E-state index contributed by atoms with van der Waals surface area (Å²) < 4.78 is 30.3. The second kappa shape index (κ2) is 6.99. The zero-order valence-electron chi connectivity index (χ0n) is 14.3. The molecule has 7 nitrogen and oxygen atoms in total. The molecule has 1 amide bonds. The van der Waals surface area contributed by atoms with Crippen LogP contribution in [0.5, 0.6) is 0 Å². The Bertz CT molecular complexity index is 518. The quantitative estimate of drug-likeness (QED) is 0.736. The Balaban J connectivity index is 5.49. The van der Waals surface area contributed by atoms with Crippen molar-refractivity contribution in [2.45, 2.75) is 65.0 Å². The van der Waals surface area contributed by atoms with Crippen LogP contribution < -0.4 is 0 Å². The molecule has 22 heavy (non-hydrogen) atoms.